The lowest BCUT2D eigenvalue weighted by atomic mass is 9.93. The first-order chi connectivity index (χ1) is 18.8. The molecular weight excluding hydrogens is 464 g/mol. The topological polar surface area (TPSA) is 37.3 Å². The van der Waals surface area contributed by atoms with Gasteiger partial charge < -0.3 is 5.11 Å². The summed E-state index contributed by atoms with van der Waals surface area (Å²) in [7, 11) is 0. The highest BCUT2D eigenvalue weighted by molar-refractivity contribution is 5.81. The molecule has 38 heavy (non-hydrogen) atoms. The third kappa shape index (κ3) is 28.6. The van der Waals surface area contributed by atoms with E-state index >= 15 is 0 Å². The molecule has 0 heterocycles. The van der Waals surface area contributed by atoms with Crippen LogP contribution < -0.4 is 0 Å². The summed E-state index contributed by atoms with van der Waals surface area (Å²) in [5.74, 6) is 0.218. The van der Waals surface area contributed by atoms with Gasteiger partial charge in [-0.15, -0.1) is 0 Å². The molecule has 2 heteroatoms. The molecule has 228 valence electrons. The molecule has 0 bridgehead atoms. The third-order valence-corrected chi connectivity index (χ3v) is 8.61. The van der Waals surface area contributed by atoms with Gasteiger partial charge in [-0.2, -0.15) is 0 Å². The highest BCUT2D eigenvalue weighted by Crippen LogP contribution is 2.18. The fraction of sp³-hybridized carbons (Fsp3) is 0.972. The molecule has 0 aromatic rings. The number of hydrogen-bond donors (Lipinski definition) is 1. The number of carbonyl (C=O) groups is 1. The standard InChI is InChI=1S/C36H72O2/c1-3-5-7-9-11-13-15-17-19-21-23-25-27-29-31-33-36(38)35(34-37)32-30-28-26-24-22-20-18-16-14-12-10-8-6-4-2/h35,37H,3-34H2,1-2H3. The molecule has 1 atom stereocenters. The molecule has 0 saturated carbocycles. The van der Waals surface area contributed by atoms with Crippen molar-refractivity contribution in [1.82, 2.24) is 0 Å². The summed E-state index contributed by atoms with van der Waals surface area (Å²) in [5.41, 5.74) is 0. The van der Waals surface area contributed by atoms with Crippen LogP contribution in [0.25, 0.3) is 0 Å². The minimum Gasteiger partial charge on any atom is -0.396 e. The van der Waals surface area contributed by atoms with Gasteiger partial charge in [-0.05, 0) is 12.8 Å². The van der Waals surface area contributed by atoms with Crippen molar-refractivity contribution in [3.8, 4) is 0 Å². The summed E-state index contributed by atoms with van der Waals surface area (Å²) in [6.07, 6.45) is 40.9. The normalized spacial score (nSPS) is 12.3. The maximum absolute atomic E-state index is 12.5. The Hall–Kier alpha value is -0.370. The Labute approximate surface area is 240 Å². The average Bonchev–Trinajstić information content (AvgIpc) is 2.93. The highest BCUT2D eigenvalue weighted by atomic mass is 16.3. The zero-order chi connectivity index (χ0) is 27.8. The first-order valence-corrected chi connectivity index (χ1v) is 17.9. The predicted octanol–water partition coefficient (Wildman–Crippen LogP) is 12.3. The second-order valence-electron chi connectivity index (χ2n) is 12.4. The van der Waals surface area contributed by atoms with E-state index in [1.54, 1.807) is 0 Å². The van der Waals surface area contributed by atoms with Crippen LogP contribution in [-0.2, 0) is 4.79 Å². The van der Waals surface area contributed by atoms with Gasteiger partial charge in [0.25, 0.3) is 0 Å². The van der Waals surface area contributed by atoms with Crippen LogP contribution in [0.4, 0.5) is 0 Å². The zero-order valence-electron chi connectivity index (χ0n) is 26.6. The minimum absolute atomic E-state index is 0.0516. The van der Waals surface area contributed by atoms with E-state index in [2.05, 4.69) is 13.8 Å². The van der Waals surface area contributed by atoms with Gasteiger partial charge in [0.05, 0.1) is 6.61 Å². The number of rotatable bonds is 33. The van der Waals surface area contributed by atoms with Gasteiger partial charge in [0.2, 0.25) is 0 Å². The second-order valence-corrected chi connectivity index (χ2v) is 12.4. The molecule has 0 spiro atoms. The molecule has 1 N–H and O–H groups in total. The molecule has 0 saturated heterocycles. The monoisotopic (exact) mass is 537 g/mol. The van der Waals surface area contributed by atoms with Gasteiger partial charge in [0.15, 0.2) is 0 Å². The summed E-state index contributed by atoms with van der Waals surface area (Å²) in [5, 5.41) is 9.71. The fourth-order valence-electron chi connectivity index (χ4n) is 5.81. The van der Waals surface area contributed by atoms with Gasteiger partial charge >= 0.3 is 0 Å². The van der Waals surface area contributed by atoms with E-state index in [1.165, 1.54) is 173 Å². The molecular formula is C36H72O2. The number of carbonyl (C=O) groups excluding carboxylic acids is 1. The van der Waals surface area contributed by atoms with Crippen LogP contribution in [0, 0.1) is 5.92 Å². The Morgan fingerprint density at radius 2 is 0.684 bits per heavy atom. The molecule has 0 rings (SSSR count). The van der Waals surface area contributed by atoms with Crippen molar-refractivity contribution in [2.24, 2.45) is 5.92 Å². The van der Waals surface area contributed by atoms with E-state index in [4.69, 9.17) is 0 Å². The molecule has 0 aliphatic carbocycles. The fourth-order valence-corrected chi connectivity index (χ4v) is 5.81. The van der Waals surface area contributed by atoms with Gasteiger partial charge in [0.1, 0.15) is 5.78 Å². The van der Waals surface area contributed by atoms with E-state index < -0.39 is 0 Å². The van der Waals surface area contributed by atoms with Crippen LogP contribution in [0.2, 0.25) is 0 Å². The molecule has 0 aromatic heterocycles. The molecule has 0 radical (unpaired) electrons. The van der Waals surface area contributed by atoms with Gasteiger partial charge in [0, 0.05) is 12.3 Å². The molecule has 0 aromatic carbocycles. The quantitative estimate of drug-likeness (QED) is 0.0847. The van der Waals surface area contributed by atoms with E-state index in [0.29, 0.717) is 12.2 Å². The van der Waals surface area contributed by atoms with Crippen molar-refractivity contribution in [1.29, 1.82) is 0 Å². The number of hydrogen-bond acceptors (Lipinski definition) is 2. The lowest BCUT2D eigenvalue weighted by Gasteiger charge is -2.13. The summed E-state index contributed by atoms with van der Waals surface area (Å²) < 4.78 is 0. The molecule has 1 unspecified atom stereocenters. The maximum Gasteiger partial charge on any atom is 0.138 e. The first kappa shape index (κ1) is 37.6. The van der Waals surface area contributed by atoms with Crippen molar-refractivity contribution in [2.75, 3.05) is 6.61 Å². The summed E-state index contributed by atoms with van der Waals surface area (Å²) in [4.78, 5) is 12.5. The van der Waals surface area contributed by atoms with Crippen LogP contribution in [0.5, 0.6) is 0 Å². The van der Waals surface area contributed by atoms with Gasteiger partial charge in [-0.25, -0.2) is 0 Å². The molecule has 2 nitrogen and oxygen atoms in total. The van der Waals surface area contributed by atoms with Crippen molar-refractivity contribution in [3.05, 3.63) is 0 Å². The Morgan fingerprint density at radius 1 is 0.421 bits per heavy atom. The number of ketones is 1. The van der Waals surface area contributed by atoms with Crippen LogP contribution in [0.1, 0.15) is 213 Å². The summed E-state index contributed by atoms with van der Waals surface area (Å²) in [6.45, 7) is 4.62. The average molecular weight is 537 g/mol. The van der Waals surface area contributed by atoms with Crippen LogP contribution in [-0.4, -0.2) is 17.5 Å². The SMILES string of the molecule is CCCCCCCCCCCCCCCCCC(=O)C(CO)CCCCCCCCCCCCCCCC. The third-order valence-electron chi connectivity index (χ3n) is 8.61. The Morgan fingerprint density at radius 3 is 0.974 bits per heavy atom. The number of Topliss-reactive ketones (excluding diaryl/α,β-unsaturated/α-hetero) is 1. The number of aliphatic hydroxyl groups excluding tert-OH is 1. The van der Waals surface area contributed by atoms with Crippen molar-refractivity contribution >= 4 is 5.78 Å². The maximum atomic E-state index is 12.5. The highest BCUT2D eigenvalue weighted by Gasteiger charge is 2.16. The van der Waals surface area contributed by atoms with Crippen molar-refractivity contribution in [3.63, 3.8) is 0 Å². The Balaban J connectivity index is 3.40. The van der Waals surface area contributed by atoms with Crippen LogP contribution in [0.3, 0.4) is 0 Å². The first-order valence-electron chi connectivity index (χ1n) is 17.9. The van der Waals surface area contributed by atoms with Crippen LogP contribution in [0.15, 0.2) is 0 Å². The van der Waals surface area contributed by atoms with E-state index in [-0.39, 0.29) is 12.5 Å². The van der Waals surface area contributed by atoms with E-state index in [0.717, 1.165) is 19.3 Å². The minimum atomic E-state index is -0.0982. The number of unbranched alkanes of at least 4 members (excludes halogenated alkanes) is 27. The van der Waals surface area contributed by atoms with E-state index in [9.17, 15) is 9.90 Å². The molecule has 0 aliphatic heterocycles. The van der Waals surface area contributed by atoms with Crippen LogP contribution >= 0.6 is 0 Å². The van der Waals surface area contributed by atoms with Gasteiger partial charge in [-0.1, -0.05) is 194 Å². The zero-order valence-corrected chi connectivity index (χ0v) is 26.6. The van der Waals surface area contributed by atoms with Crippen molar-refractivity contribution < 1.29 is 9.90 Å². The van der Waals surface area contributed by atoms with Gasteiger partial charge in [-0.3, -0.25) is 4.79 Å². The Bertz CT molecular complexity index is 447. The molecule has 0 amide bonds. The smallest absolute Gasteiger partial charge is 0.138 e. The Kier molecular flexibility index (Phi) is 32.5. The predicted molar refractivity (Wildman–Crippen MR) is 170 cm³/mol. The summed E-state index contributed by atoms with van der Waals surface area (Å²) >= 11 is 0. The summed E-state index contributed by atoms with van der Waals surface area (Å²) in [6, 6.07) is 0. The molecule has 0 aliphatic rings. The lowest BCUT2D eigenvalue weighted by Crippen LogP contribution is -2.18. The second kappa shape index (κ2) is 32.8. The lowest BCUT2D eigenvalue weighted by molar-refractivity contribution is -0.124. The molecule has 0 fully saturated rings. The van der Waals surface area contributed by atoms with Crippen molar-refractivity contribution in [2.45, 2.75) is 213 Å². The number of aliphatic hydroxyl groups is 1. The van der Waals surface area contributed by atoms with E-state index in [1.807, 2.05) is 0 Å². The largest absolute Gasteiger partial charge is 0.396 e.